The summed E-state index contributed by atoms with van der Waals surface area (Å²) in [5.41, 5.74) is 14.4. The average molecular weight is 513 g/mol. The van der Waals surface area contributed by atoms with Gasteiger partial charge in [0.25, 0.3) is 0 Å². The van der Waals surface area contributed by atoms with Gasteiger partial charge in [0.05, 0.1) is 6.61 Å². The third-order valence-electron chi connectivity index (χ3n) is 7.00. The molecule has 9 heteroatoms. The molecule has 5 rings (SSSR count). The van der Waals surface area contributed by atoms with Gasteiger partial charge >= 0.3 is 5.97 Å². The maximum Gasteiger partial charge on any atom is 0.354 e. The average Bonchev–Trinajstić information content (AvgIpc) is 3.26. The summed E-state index contributed by atoms with van der Waals surface area (Å²) >= 11 is 0. The molecule has 9 nitrogen and oxygen atoms in total. The van der Waals surface area contributed by atoms with Crippen LogP contribution in [0.2, 0.25) is 0 Å². The maximum absolute atomic E-state index is 12.9. The Balaban J connectivity index is 1.45. The van der Waals surface area contributed by atoms with E-state index in [1.165, 1.54) is 0 Å². The van der Waals surface area contributed by atoms with Crippen molar-refractivity contribution in [2.75, 3.05) is 19.7 Å². The van der Waals surface area contributed by atoms with E-state index in [4.69, 9.17) is 31.8 Å². The Morgan fingerprint density at radius 2 is 1.71 bits per heavy atom. The number of esters is 1. The summed E-state index contributed by atoms with van der Waals surface area (Å²) in [7, 11) is 0. The highest BCUT2D eigenvalue weighted by Crippen LogP contribution is 2.29. The molecule has 6 N–H and O–H groups in total. The zero-order valence-electron chi connectivity index (χ0n) is 21.4. The number of hydrogen-bond acceptors (Lipinski definition) is 5. The number of fused-ring (bicyclic) bond motifs is 2. The first-order chi connectivity index (χ1) is 18.3. The van der Waals surface area contributed by atoms with Crippen LogP contribution in [0.5, 0.6) is 5.75 Å². The van der Waals surface area contributed by atoms with E-state index in [-0.39, 0.29) is 30.5 Å². The van der Waals surface area contributed by atoms with E-state index in [1.807, 2.05) is 64.1 Å². The summed E-state index contributed by atoms with van der Waals surface area (Å²) in [5.74, 6) is 0.500. The number of nitrogens with zero attached hydrogens (tertiary/aromatic N) is 2. The minimum atomic E-state index is -0.373. The van der Waals surface area contributed by atoms with Crippen LogP contribution in [0.25, 0.3) is 21.7 Å². The minimum Gasteiger partial charge on any atom is -0.490 e. The summed E-state index contributed by atoms with van der Waals surface area (Å²) in [4.78, 5) is 14.8. The first-order valence-electron chi connectivity index (χ1n) is 12.8. The fourth-order valence-electron chi connectivity index (χ4n) is 5.02. The number of hydrogen-bond donors (Lipinski definition) is 4. The van der Waals surface area contributed by atoms with E-state index in [0.717, 1.165) is 45.8 Å². The molecule has 1 aliphatic heterocycles. The second-order valence-corrected chi connectivity index (χ2v) is 9.56. The normalized spacial score (nSPS) is 14.1. The third kappa shape index (κ3) is 5.13. The molecule has 3 aromatic carbocycles. The molecule has 196 valence electrons. The number of piperidine rings is 1. The SMILES string of the molecule is CCOC(=O)c1cc2cc(OC3CCN(C(=N)N)CC3)ccc2n1Cc1ccc2ccc(C(=N)N)cc2c1. The van der Waals surface area contributed by atoms with Crippen LogP contribution in [0.15, 0.2) is 60.7 Å². The number of carbonyl (C=O) groups excluding carboxylic acids is 1. The Hall–Kier alpha value is -4.53. The van der Waals surface area contributed by atoms with Gasteiger partial charge < -0.3 is 30.4 Å². The number of nitrogens with one attached hydrogen (secondary N) is 2. The van der Waals surface area contributed by atoms with E-state index < -0.39 is 0 Å². The predicted molar refractivity (Wildman–Crippen MR) is 149 cm³/mol. The van der Waals surface area contributed by atoms with E-state index in [1.54, 1.807) is 6.92 Å². The zero-order valence-corrected chi connectivity index (χ0v) is 21.4. The number of rotatable bonds is 7. The second kappa shape index (κ2) is 10.5. The molecule has 1 fully saturated rings. The molecule has 38 heavy (non-hydrogen) atoms. The van der Waals surface area contributed by atoms with Gasteiger partial charge in [-0.1, -0.05) is 24.3 Å². The fourth-order valence-corrected chi connectivity index (χ4v) is 5.02. The number of aromatic nitrogens is 1. The van der Waals surface area contributed by atoms with Crippen molar-refractivity contribution < 1.29 is 14.3 Å². The van der Waals surface area contributed by atoms with Gasteiger partial charge in [-0.25, -0.2) is 4.79 Å². The molecule has 0 atom stereocenters. The Bertz CT molecular complexity index is 1530. The van der Waals surface area contributed by atoms with Crippen molar-refractivity contribution >= 4 is 39.4 Å². The zero-order chi connectivity index (χ0) is 26.8. The fraction of sp³-hybridized carbons (Fsp3) is 0.276. The molecule has 0 bridgehead atoms. The number of amidine groups is 1. The Kier molecular flexibility index (Phi) is 6.91. The molecule has 1 aliphatic rings. The van der Waals surface area contributed by atoms with Crippen molar-refractivity contribution in [3.63, 3.8) is 0 Å². The van der Waals surface area contributed by atoms with Gasteiger partial charge in [-0.3, -0.25) is 10.8 Å². The predicted octanol–water partition coefficient (Wildman–Crippen LogP) is 4.04. The quantitative estimate of drug-likeness (QED) is 0.167. The molecular formula is C29H32N6O3. The lowest BCUT2D eigenvalue weighted by atomic mass is 10.0. The number of ether oxygens (including phenoxy) is 2. The molecule has 2 heterocycles. The molecule has 0 amide bonds. The summed E-state index contributed by atoms with van der Waals surface area (Å²) in [6, 6.07) is 19.6. The third-order valence-corrected chi connectivity index (χ3v) is 7.00. The molecule has 0 aliphatic carbocycles. The Labute approximate surface area is 220 Å². The van der Waals surface area contributed by atoms with Gasteiger partial charge in [-0.2, -0.15) is 0 Å². The molecular weight excluding hydrogens is 480 g/mol. The second-order valence-electron chi connectivity index (χ2n) is 9.56. The number of likely N-dealkylation sites (tertiary alicyclic amines) is 1. The number of guanidine groups is 1. The molecule has 0 radical (unpaired) electrons. The number of carbonyl (C=O) groups is 1. The number of benzene rings is 3. The van der Waals surface area contributed by atoms with Crippen LogP contribution < -0.4 is 16.2 Å². The molecule has 0 saturated carbocycles. The highest BCUT2D eigenvalue weighted by Gasteiger charge is 2.22. The molecule has 4 aromatic rings. The Morgan fingerprint density at radius 3 is 2.42 bits per heavy atom. The van der Waals surface area contributed by atoms with Crippen molar-refractivity contribution in [2.45, 2.75) is 32.4 Å². The molecule has 1 saturated heterocycles. The van der Waals surface area contributed by atoms with E-state index in [0.29, 0.717) is 30.9 Å². The summed E-state index contributed by atoms with van der Waals surface area (Å²) in [5, 5.41) is 18.3. The first-order valence-corrected chi connectivity index (χ1v) is 12.8. The van der Waals surface area contributed by atoms with Gasteiger partial charge in [-0.05, 0) is 59.7 Å². The van der Waals surface area contributed by atoms with Crippen LogP contribution in [-0.2, 0) is 11.3 Å². The van der Waals surface area contributed by atoms with Crippen molar-refractivity contribution in [3.05, 3.63) is 77.5 Å². The van der Waals surface area contributed by atoms with Crippen LogP contribution in [0.3, 0.4) is 0 Å². The maximum atomic E-state index is 12.9. The van der Waals surface area contributed by atoms with E-state index in [9.17, 15) is 4.79 Å². The highest BCUT2D eigenvalue weighted by molar-refractivity contribution is 5.99. The number of nitrogens with two attached hydrogens (primary N) is 2. The summed E-state index contributed by atoms with van der Waals surface area (Å²) < 4.78 is 13.6. The molecule has 0 spiro atoms. The lowest BCUT2D eigenvalue weighted by Crippen LogP contribution is -2.44. The summed E-state index contributed by atoms with van der Waals surface area (Å²) in [6.45, 7) is 3.96. The molecule has 0 unspecified atom stereocenters. The van der Waals surface area contributed by atoms with Gasteiger partial charge in [0.15, 0.2) is 5.96 Å². The monoisotopic (exact) mass is 512 g/mol. The lowest BCUT2D eigenvalue weighted by molar-refractivity contribution is 0.0515. The van der Waals surface area contributed by atoms with Crippen molar-refractivity contribution in [1.29, 1.82) is 10.8 Å². The largest absolute Gasteiger partial charge is 0.490 e. The van der Waals surface area contributed by atoms with Crippen LogP contribution >= 0.6 is 0 Å². The smallest absolute Gasteiger partial charge is 0.354 e. The van der Waals surface area contributed by atoms with Crippen molar-refractivity contribution in [1.82, 2.24) is 9.47 Å². The Morgan fingerprint density at radius 1 is 0.947 bits per heavy atom. The van der Waals surface area contributed by atoms with Gasteiger partial charge in [-0.15, -0.1) is 0 Å². The number of nitrogen functional groups attached to an aromatic ring is 1. The standard InChI is InChI=1S/C29H32N6O3/c1-2-37-28(36)26-16-22-15-24(38-23-9-11-34(12-10-23)29(32)33)7-8-25(22)35(26)17-18-3-4-19-5-6-20(27(30)31)14-21(19)13-18/h3-8,13-16,23H,2,9-12,17H2,1H3,(H3,30,31)(H3,32,33). The van der Waals surface area contributed by atoms with Crippen molar-refractivity contribution in [2.24, 2.45) is 11.5 Å². The van der Waals surface area contributed by atoms with E-state index in [2.05, 4.69) is 6.07 Å². The molecule has 1 aromatic heterocycles. The van der Waals surface area contributed by atoms with Crippen LogP contribution in [-0.4, -0.2) is 53.0 Å². The van der Waals surface area contributed by atoms with E-state index >= 15 is 0 Å². The minimum absolute atomic E-state index is 0.0285. The van der Waals surface area contributed by atoms with Gasteiger partial charge in [0.1, 0.15) is 23.4 Å². The highest BCUT2D eigenvalue weighted by atomic mass is 16.5. The van der Waals surface area contributed by atoms with Gasteiger partial charge in [0.2, 0.25) is 0 Å². The van der Waals surface area contributed by atoms with Crippen LogP contribution in [0, 0.1) is 10.8 Å². The first kappa shape index (κ1) is 25.1. The lowest BCUT2D eigenvalue weighted by Gasteiger charge is -2.32. The van der Waals surface area contributed by atoms with Crippen LogP contribution in [0.1, 0.15) is 41.4 Å². The van der Waals surface area contributed by atoms with Gasteiger partial charge in [0, 0.05) is 48.9 Å². The topological polar surface area (TPSA) is 143 Å². The van der Waals surface area contributed by atoms with Crippen molar-refractivity contribution in [3.8, 4) is 5.75 Å². The summed E-state index contributed by atoms with van der Waals surface area (Å²) in [6.07, 6.45) is 1.63. The van der Waals surface area contributed by atoms with Crippen LogP contribution in [0.4, 0.5) is 0 Å².